The summed E-state index contributed by atoms with van der Waals surface area (Å²) >= 11 is 3.68. The van der Waals surface area contributed by atoms with Crippen molar-refractivity contribution in [2.75, 3.05) is 0 Å². The predicted octanol–water partition coefficient (Wildman–Crippen LogP) is 6.34. The Hall–Kier alpha value is -3.11. The van der Waals surface area contributed by atoms with E-state index in [0.717, 1.165) is 27.0 Å². The molecule has 3 nitrogen and oxygen atoms in total. The van der Waals surface area contributed by atoms with E-state index in [-0.39, 0.29) is 0 Å². The Morgan fingerprint density at radius 3 is 1.75 bits per heavy atom. The molecule has 0 radical (unpaired) electrons. The molecule has 3 aromatic carbocycles. The van der Waals surface area contributed by atoms with E-state index in [0.29, 0.717) is 11.3 Å². The van der Waals surface area contributed by atoms with E-state index in [4.69, 9.17) is 4.74 Å². The molecule has 4 aromatic rings. The van der Waals surface area contributed by atoms with Gasteiger partial charge in [0.1, 0.15) is 11.3 Å². The molecular formula is C24H18BrNO2. The van der Waals surface area contributed by atoms with Crippen LogP contribution in [0.1, 0.15) is 10.4 Å². The van der Waals surface area contributed by atoms with Gasteiger partial charge in [0, 0.05) is 7.05 Å². The monoisotopic (exact) mass is 431 g/mol. The molecule has 0 N–H and O–H groups in total. The van der Waals surface area contributed by atoms with Crippen LogP contribution >= 0.6 is 15.9 Å². The van der Waals surface area contributed by atoms with Crippen molar-refractivity contribution in [3.05, 3.63) is 101 Å². The fourth-order valence-electron chi connectivity index (χ4n) is 3.33. The van der Waals surface area contributed by atoms with Crippen molar-refractivity contribution in [1.82, 2.24) is 4.57 Å². The fourth-order valence-corrected chi connectivity index (χ4v) is 4.18. The first-order chi connectivity index (χ1) is 13.7. The van der Waals surface area contributed by atoms with Crippen LogP contribution in [0.5, 0.6) is 5.75 Å². The van der Waals surface area contributed by atoms with E-state index in [9.17, 15) is 4.79 Å². The zero-order chi connectivity index (χ0) is 19.5. The molecule has 0 unspecified atom stereocenters. The van der Waals surface area contributed by atoms with Crippen LogP contribution in [0.3, 0.4) is 0 Å². The normalized spacial score (nSPS) is 10.6. The third-order valence-corrected chi connectivity index (χ3v) is 5.36. The van der Waals surface area contributed by atoms with Crippen molar-refractivity contribution < 1.29 is 9.53 Å². The maximum atomic E-state index is 13.2. The van der Waals surface area contributed by atoms with Gasteiger partial charge in [-0.3, -0.25) is 0 Å². The van der Waals surface area contributed by atoms with Crippen LogP contribution in [0.4, 0.5) is 0 Å². The van der Waals surface area contributed by atoms with Crippen LogP contribution < -0.4 is 4.74 Å². The Bertz CT molecular complexity index is 1100. The lowest BCUT2D eigenvalue weighted by molar-refractivity contribution is 0.0735. The van der Waals surface area contributed by atoms with Crippen molar-refractivity contribution in [1.29, 1.82) is 0 Å². The Morgan fingerprint density at radius 2 is 1.21 bits per heavy atom. The lowest BCUT2D eigenvalue weighted by atomic mass is 10.1. The molecule has 1 aromatic heterocycles. The van der Waals surface area contributed by atoms with Crippen LogP contribution in [0.2, 0.25) is 0 Å². The van der Waals surface area contributed by atoms with E-state index in [2.05, 4.69) is 15.9 Å². The number of rotatable bonds is 4. The first-order valence-electron chi connectivity index (χ1n) is 8.93. The molecule has 1 heterocycles. The quantitative estimate of drug-likeness (QED) is 0.278. The molecule has 0 atom stereocenters. The molecule has 0 bridgehead atoms. The van der Waals surface area contributed by atoms with E-state index in [1.165, 1.54) is 0 Å². The Balaban J connectivity index is 1.90. The number of aromatic nitrogens is 1. The highest BCUT2D eigenvalue weighted by atomic mass is 79.9. The molecular weight excluding hydrogens is 414 g/mol. The number of nitrogens with zero attached hydrogens (tertiary/aromatic N) is 1. The van der Waals surface area contributed by atoms with Crippen LogP contribution in [0.25, 0.3) is 22.5 Å². The first-order valence-corrected chi connectivity index (χ1v) is 9.72. The predicted molar refractivity (Wildman–Crippen MR) is 115 cm³/mol. The van der Waals surface area contributed by atoms with Gasteiger partial charge in [-0.05, 0) is 39.2 Å². The summed E-state index contributed by atoms with van der Waals surface area (Å²) in [5.41, 5.74) is 4.23. The molecule has 0 saturated heterocycles. The molecule has 0 aliphatic rings. The molecule has 4 rings (SSSR count). The topological polar surface area (TPSA) is 31.2 Å². The smallest absolute Gasteiger partial charge is 0.346 e. The average molecular weight is 432 g/mol. The summed E-state index contributed by atoms with van der Waals surface area (Å²) in [5.74, 6) is 0.123. The second-order valence-electron chi connectivity index (χ2n) is 6.38. The van der Waals surface area contributed by atoms with Gasteiger partial charge in [0.25, 0.3) is 0 Å². The second kappa shape index (κ2) is 7.87. The highest BCUT2D eigenvalue weighted by Crippen LogP contribution is 2.40. The van der Waals surface area contributed by atoms with Gasteiger partial charge in [-0.15, -0.1) is 0 Å². The summed E-state index contributed by atoms with van der Waals surface area (Å²) in [7, 11) is 1.97. The molecule has 0 aliphatic heterocycles. The summed E-state index contributed by atoms with van der Waals surface area (Å²) < 4.78 is 8.43. The number of hydrogen-bond donors (Lipinski definition) is 0. The third kappa shape index (κ3) is 3.39. The molecule has 138 valence electrons. The minimum Gasteiger partial charge on any atom is -0.423 e. The maximum Gasteiger partial charge on any atom is 0.346 e. The maximum absolute atomic E-state index is 13.2. The van der Waals surface area contributed by atoms with E-state index < -0.39 is 5.97 Å². The zero-order valence-electron chi connectivity index (χ0n) is 15.3. The average Bonchev–Trinajstić information content (AvgIpc) is 3.00. The van der Waals surface area contributed by atoms with Crippen molar-refractivity contribution in [2.45, 2.75) is 0 Å². The van der Waals surface area contributed by atoms with Crippen molar-refractivity contribution in [3.8, 4) is 28.3 Å². The number of benzene rings is 3. The van der Waals surface area contributed by atoms with Crippen molar-refractivity contribution in [3.63, 3.8) is 0 Å². The van der Waals surface area contributed by atoms with E-state index >= 15 is 0 Å². The number of esters is 1. The standard InChI is InChI=1S/C24H18BrNO2/c1-26-22(17-11-5-2-6-12-17)20(24(27)28-19-15-9-4-10-16-19)21(25)23(26)18-13-7-3-8-14-18/h2-16H,1H3. The van der Waals surface area contributed by atoms with Gasteiger partial charge in [0.05, 0.1) is 15.9 Å². The SMILES string of the molecule is Cn1c(-c2ccccc2)c(Br)c(C(=O)Oc2ccccc2)c1-c1ccccc1. The number of para-hydroxylation sites is 1. The van der Waals surface area contributed by atoms with Crippen LogP contribution in [-0.4, -0.2) is 10.5 Å². The summed E-state index contributed by atoms with van der Waals surface area (Å²) in [5, 5.41) is 0. The molecule has 0 fully saturated rings. The molecule has 4 heteroatoms. The summed E-state index contributed by atoms with van der Waals surface area (Å²) in [4.78, 5) is 13.2. The second-order valence-corrected chi connectivity index (χ2v) is 7.17. The van der Waals surface area contributed by atoms with E-state index in [1.54, 1.807) is 12.1 Å². The van der Waals surface area contributed by atoms with Gasteiger partial charge in [0.15, 0.2) is 0 Å². The van der Waals surface area contributed by atoms with Gasteiger partial charge in [-0.25, -0.2) is 4.79 Å². The molecule has 0 aliphatic carbocycles. The van der Waals surface area contributed by atoms with Gasteiger partial charge in [-0.1, -0.05) is 78.9 Å². The minimum absolute atomic E-state index is 0.394. The summed E-state index contributed by atoms with van der Waals surface area (Å²) in [6.07, 6.45) is 0. The van der Waals surface area contributed by atoms with Crippen LogP contribution in [0, 0.1) is 0 Å². The lowest BCUT2D eigenvalue weighted by Gasteiger charge is -2.10. The first kappa shape index (κ1) is 18.3. The number of hydrogen-bond acceptors (Lipinski definition) is 2. The number of halogens is 1. The molecule has 0 spiro atoms. The summed E-state index contributed by atoms with van der Waals surface area (Å²) in [6.45, 7) is 0. The van der Waals surface area contributed by atoms with Crippen LogP contribution in [-0.2, 0) is 7.05 Å². The largest absolute Gasteiger partial charge is 0.423 e. The number of carbonyl (C=O) groups excluding carboxylic acids is 1. The Labute approximate surface area is 172 Å². The van der Waals surface area contributed by atoms with Crippen molar-refractivity contribution in [2.24, 2.45) is 7.05 Å². The summed E-state index contributed by atoms with van der Waals surface area (Å²) in [6, 6.07) is 29.0. The van der Waals surface area contributed by atoms with Gasteiger partial charge < -0.3 is 9.30 Å². The highest BCUT2D eigenvalue weighted by molar-refractivity contribution is 9.10. The Kier molecular flexibility index (Phi) is 5.13. The molecule has 0 saturated carbocycles. The van der Waals surface area contributed by atoms with Crippen molar-refractivity contribution >= 4 is 21.9 Å². The van der Waals surface area contributed by atoms with E-state index in [1.807, 2.05) is 90.5 Å². The zero-order valence-corrected chi connectivity index (χ0v) is 16.9. The minimum atomic E-state index is -0.394. The number of ether oxygens (including phenoxy) is 1. The highest BCUT2D eigenvalue weighted by Gasteiger charge is 2.27. The fraction of sp³-hybridized carbons (Fsp3) is 0.0417. The molecule has 28 heavy (non-hydrogen) atoms. The Morgan fingerprint density at radius 1 is 0.750 bits per heavy atom. The van der Waals surface area contributed by atoms with Crippen LogP contribution in [0.15, 0.2) is 95.5 Å². The molecule has 0 amide bonds. The van der Waals surface area contributed by atoms with Gasteiger partial charge >= 0.3 is 5.97 Å². The lowest BCUT2D eigenvalue weighted by Crippen LogP contribution is -2.10. The van der Waals surface area contributed by atoms with Gasteiger partial charge in [0.2, 0.25) is 0 Å². The third-order valence-electron chi connectivity index (χ3n) is 4.59. The number of carbonyl (C=O) groups is 1. The van der Waals surface area contributed by atoms with Gasteiger partial charge in [-0.2, -0.15) is 0 Å².